The molecule has 0 atom stereocenters. The fourth-order valence-corrected chi connectivity index (χ4v) is 1.90. The van der Waals surface area contributed by atoms with Gasteiger partial charge in [0.1, 0.15) is 10.4 Å². The lowest BCUT2D eigenvalue weighted by atomic mass is 10.2. The number of phenolic OH excluding ortho intramolecular Hbond substituents is 1. The minimum atomic E-state index is -0.683. The molecule has 1 aromatic heterocycles. The molecular weight excluding hydrogens is 330 g/mol. The molecule has 0 aliphatic heterocycles. The van der Waals surface area contributed by atoms with Crippen molar-refractivity contribution in [3.8, 4) is 5.75 Å². The number of hydrogen-bond donors (Lipinski definition) is 2. The highest BCUT2D eigenvalue weighted by molar-refractivity contribution is 9.10. The lowest BCUT2D eigenvalue weighted by molar-refractivity contribution is -0.384. The summed E-state index contributed by atoms with van der Waals surface area (Å²) < 4.78 is 0.455. The summed E-state index contributed by atoms with van der Waals surface area (Å²) in [6.07, 6.45) is 1.41. The van der Waals surface area contributed by atoms with E-state index < -0.39 is 10.8 Å². The van der Waals surface area contributed by atoms with Crippen molar-refractivity contribution in [2.24, 2.45) is 0 Å². The Morgan fingerprint density at radius 1 is 1.40 bits per heavy atom. The van der Waals surface area contributed by atoms with Crippen molar-refractivity contribution in [1.82, 2.24) is 4.98 Å². The van der Waals surface area contributed by atoms with E-state index in [1.165, 1.54) is 36.5 Å². The van der Waals surface area contributed by atoms with Crippen molar-refractivity contribution in [2.45, 2.75) is 0 Å². The quantitative estimate of drug-likeness (QED) is 0.387. The average Bonchev–Trinajstić information content (AvgIpc) is 2.40. The lowest BCUT2D eigenvalue weighted by Gasteiger charge is -2.07. The topological polar surface area (TPSA) is 105 Å². The maximum Gasteiger partial charge on any atom is 0.296 e. The lowest BCUT2D eigenvalue weighted by Crippen LogP contribution is -2.13. The molecule has 2 N–H and O–H groups in total. The maximum absolute atomic E-state index is 12.0. The summed E-state index contributed by atoms with van der Waals surface area (Å²) in [5, 5.41) is 22.8. The average molecular weight is 338 g/mol. The fourth-order valence-electron chi connectivity index (χ4n) is 1.54. The highest BCUT2D eigenvalue weighted by Crippen LogP contribution is 2.33. The predicted octanol–water partition coefficient (Wildman–Crippen LogP) is 2.71. The van der Waals surface area contributed by atoms with E-state index in [4.69, 9.17) is 0 Å². The Labute approximate surface area is 121 Å². The van der Waals surface area contributed by atoms with E-state index in [1.807, 2.05) is 0 Å². The van der Waals surface area contributed by atoms with Crippen LogP contribution in [0.25, 0.3) is 0 Å². The first-order valence-electron chi connectivity index (χ1n) is 5.38. The number of amides is 1. The number of nitro groups is 1. The number of aromatic nitrogens is 1. The van der Waals surface area contributed by atoms with E-state index in [0.717, 1.165) is 0 Å². The number of hydrogen-bond acceptors (Lipinski definition) is 5. The van der Waals surface area contributed by atoms with Crippen LogP contribution in [0.15, 0.2) is 41.1 Å². The third-order valence-electron chi connectivity index (χ3n) is 2.44. The second kappa shape index (κ2) is 5.66. The SMILES string of the molecule is O=C(Nc1c(O)cccc1[N+](=O)[O-])c1ccnc(Br)c1. The predicted molar refractivity (Wildman–Crippen MR) is 74.7 cm³/mol. The van der Waals surface area contributed by atoms with Gasteiger partial charge in [-0.2, -0.15) is 0 Å². The van der Waals surface area contributed by atoms with Crippen molar-refractivity contribution in [3.05, 3.63) is 56.8 Å². The molecule has 0 unspecified atom stereocenters. The number of nitrogens with one attached hydrogen (secondary N) is 1. The van der Waals surface area contributed by atoms with E-state index in [1.54, 1.807) is 0 Å². The molecule has 0 saturated heterocycles. The number of pyridine rings is 1. The number of para-hydroxylation sites is 1. The van der Waals surface area contributed by atoms with Gasteiger partial charge in [-0.1, -0.05) is 6.07 Å². The van der Waals surface area contributed by atoms with Gasteiger partial charge in [0, 0.05) is 17.8 Å². The molecule has 2 aromatic rings. The summed E-state index contributed by atoms with van der Waals surface area (Å²) in [5.41, 5.74) is -0.369. The summed E-state index contributed by atoms with van der Waals surface area (Å²) in [6.45, 7) is 0. The molecule has 8 heteroatoms. The molecule has 0 aliphatic rings. The first-order valence-corrected chi connectivity index (χ1v) is 6.17. The number of phenols is 1. The highest BCUT2D eigenvalue weighted by atomic mass is 79.9. The number of halogens is 1. The molecule has 0 fully saturated rings. The van der Waals surface area contributed by atoms with Gasteiger partial charge in [-0.25, -0.2) is 4.98 Å². The van der Waals surface area contributed by atoms with Gasteiger partial charge >= 0.3 is 0 Å². The molecule has 20 heavy (non-hydrogen) atoms. The number of anilines is 1. The number of carbonyl (C=O) groups is 1. The van der Waals surface area contributed by atoms with Gasteiger partial charge in [0.2, 0.25) is 0 Å². The fraction of sp³-hybridized carbons (Fsp3) is 0. The molecule has 1 aromatic carbocycles. The Hall–Kier alpha value is -2.48. The van der Waals surface area contributed by atoms with Gasteiger partial charge < -0.3 is 10.4 Å². The van der Waals surface area contributed by atoms with E-state index in [9.17, 15) is 20.0 Å². The molecule has 0 bridgehead atoms. The summed E-state index contributed by atoms with van der Waals surface area (Å²) in [7, 11) is 0. The van der Waals surface area contributed by atoms with Crippen LogP contribution in [0.3, 0.4) is 0 Å². The van der Waals surface area contributed by atoms with Crippen LogP contribution in [0, 0.1) is 10.1 Å². The normalized spacial score (nSPS) is 10.1. The molecular formula is C12H8BrN3O4. The molecule has 0 aliphatic carbocycles. The third kappa shape index (κ3) is 2.91. The molecule has 7 nitrogen and oxygen atoms in total. The molecule has 0 saturated carbocycles. The first kappa shape index (κ1) is 13.9. The molecule has 102 valence electrons. The largest absolute Gasteiger partial charge is 0.505 e. The first-order chi connectivity index (χ1) is 9.49. The maximum atomic E-state index is 12.0. The van der Waals surface area contributed by atoms with Crippen molar-refractivity contribution < 1.29 is 14.8 Å². The number of nitrogens with zero attached hydrogens (tertiary/aromatic N) is 2. The molecule has 0 radical (unpaired) electrons. The Kier molecular flexibility index (Phi) is 3.94. The Morgan fingerprint density at radius 2 is 2.15 bits per heavy atom. The van der Waals surface area contributed by atoms with Crippen molar-refractivity contribution in [1.29, 1.82) is 0 Å². The summed E-state index contributed by atoms with van der Waals surface area (Å²) in [6, 6.07) is 6.68. The monoisotopic (exact) mass is 337 g/mol. The molecule has 0 spiro atoms. The number of benzene rings is 1. The Morgan fingerprint density at radius 3 is 2.80 bits per heavy atom. The number of aromatic hydroxyl groups is 1. The summed E-state index contributed by atoms with van der Waals surface area (Å²) in [5.74, 6) is -0.960. The smallest absolute Gasteiger partial charge is 0.296 e. The van der Waals surface area contributed by atoms with Crippen molar-refractivity contribution in [2.75, 3.05) is 5.32 Å². The summed E-state index contributed by atoms with van der Waals surface area (Å²) in [4.78, 5) is 26.1. The van der Waals surface area contributed by atoms with Crippen LogP contribution < -0.4 is 5.32 Å². The molecule has 1 heterocycles. The van der Waals surface area contributed by atoms with Gasteiger partial charge in [-0.15, -0.1) is 0 Å². The van der Waals surface area contributed by atoms with Crippen LogP contribution in [-0.4, -0.2) is 20.9 Å². The zero-order chi connectivity index (χ0) is 14.7. The third-order valence-corrected chi connectivity index (χ3v) is 2.88. The second-order valence-corrected chi connectivity index (χ2v) is 4.56. The van der Waals surface area contributed by atoms with Gasteiger partial charge in [-0.05, 0) is 34.1 Å². The Balaban J connectivity index is 2.35. The van der Waals surface area contributed by atoms with Gasteiger partial charge in [0.15, 0.2) is 5.69 Å². The van der Waals surface area contributed by atoms with E-state index >= 15 is 0 Å². The van der Waals surface area contributed by atoms with E-state index in [2.05, 4.69) is 26.2 Å². The van der Waals surface area contributed by atoms with Crippen LogP contribution in [0.1, 0.15) is 10.4 Å². The van der Waals surface area contributed by atoms with Crippen LogP contribution in [0.5, 0.6) is 5.75 Å². The Bertz CT molecular complexity index is 690. The standard InChI is InChI=1S/C12H8BrN3O4/c13-10-6-7(4-5-14-10)12(18)15-11-8(16(19)20)2-1-3-9(11)17/h1-6,17H,(H,15,18). The number of carbonyl (C=O) groups excluding carboxylic acids is 1. The second-order valence-electron chi connectivity index (χ2n) is 3.75. The van der Waals surface area contributed by atoms with Crippen LogP contribution in [0.4, 0.5) is 11.4 Å². The van der Waals surface area contributed by atoms with Crippen molar-refractivity contribution in [3.63, 3.8) is 0 Å². The van der Waals surface area contributed by atoms with E-state index in [-0.39, 0.29) is 22.7 Å². The van der Waals surface area contributed by atoms with Crippen LogP contribution in [-0.2, 0) is 0 Å². The molecule has 2 rings (SSSR count). The number of nitro benzene ring substituents is 1. The zero-order valence-electron chi connectivity index (χ0n) is 9.91. The van der Waals surface area contributed by atoms with Gasteiger partial charge in [0.05, 0.1) is 4.92 Å². The van der Waals surface area contributed by atoms with Crippen molar-refractivity contribution >= 4 is 33.2 Å². The van der Waals surface area contributed by atoms with Crippen LogP contribution in [0.2, 0.25) is 0 Å². The van der Waals surface area contributed by atoms with Gasteiger partial charge in [0.25, 0.3) is 11.6 Å². The highest BCUT2D eigenvalue weighted by Gasteiger charge is 2.20. The summed E-state index contributed by atoms with van der Waals surface area (Å²) >= 11 is 3.12. The minimum absolute atomic E-state index is 0.240. The molecule has 1 amide bonds. The van der Waals surface area contributed by atoms with Crippen LogP contribution >= 0.6 is 15.9 Å². The van der Waals surface area contributed by atoms with Gasteiger partial charge in [-0.3, -0.25) is 14.9 Å². The zero-order valence-corrected chi connectivity index (χ0v) is 11.5. The number of rotatable bonds is 3. The minimum Gasteiger partial charge on any atom is -0.505 e. The van der Waals surface area contributed by atoms with E-state index in [0.29, 0.717) is 4.60 Å².